The molecule has 1 aromatic rings. The lowest BCUT2D eigenvalue weighted by Crippen LogP contribution is -2.46. The molecule has 1 atom stereocenters. The number of carbonyl (C=O) groups excluding carboxylic acids is 1. The molecule has 2 fully saturated rings. The summed E-state index contributed by atoms with van der Waals surface area (Å²) in [6.45, 7) is 3.32. The highest BCUT2D eigenvalue weighted by atomic mass is 16.4. The smallest absolute Gasteiger partial charge is 0.326 e. The van der Waals surface area contributed by atoms with Crippen LogP contribution in [0.5, 0.6) is 0 Å². The van der Waals surface area contributed by atoms with Crippen LogP contribution >= 0.6 is 0 Å². The molecule has 1 amide bonds. The van der Waals surface area contributed by atoms with Crippen LogP contribution in [0.2, 0.25) is 0 Å². The maximum atomic E-state index is 12.6. The van der Waals surface area contributed by atoms with Gasteiger partial charge in [0, 0.05) is 19.0 Å². The lowest BCUT2D eigenvalue weighted by Gasteiger charge is -2.34. The van der Waals surface area contributed by atoms with Gasteiger partial charge in [0.15, 0.2) is 0 Å². The molecule has 0 bridgehead atoms. The Morgan fingerprint density at radius 3 is 2.39 bits per heavy atom. The molecule has 2 saturated heterocycles. The number of amides is 1. The number of nitrogens with zero attached hydrogens (tertiary/aromatic N) is 2. The normalized spacial score (nSPS) is 23.1. The summed E-state index contributed by atoms with van der Waals surface area (Å²) in [5.74, 6) is -0.825. The molecule has 2 heterocycles. The fourth-order valence-corrected chi connectivity index (χ4v) is 3.70. The molecule has 0 aliphatic carbocycles. The second-order valence-corrected chi connectivity index (χ2v) is 6.56. The predicted octanol–water partition coefficient (Wildman–Crippen LogP) is 1.97. The molecule has 2 aliphatic heterocycles. The van der Waals surface area contributed by atoms with E-state index in [1.165, 1.54) is 5.56 Å². The van der Waals surface area contributed by atoms with E-state index in [1.54, 1.807) is 4.90 Å². The van der Waals surface area contributed by atoms with Crippen molar-refractivity contribution in [2.75, 3.05) is 19.6 Å². The number of carboxylic acid groups (broad SMARTS) is 1. The van der Waals surface area contributed by atoms with Gasteiger partial charge in [-0.05, 0) is 44.3 Å². The SMILES string of the molecule is O=C(O)C1CCCN1C(=O)C1CCN(Cc2ccccc2)CC1. The Hall–Kier alpha value is -1.88. The topological polar surface area (TPSA) is 60.9 Å². The first-order chi connectivity index (χ1) is 11.1. The number of aliphatic carboxylic acids is 1. The maximum absolute atomic E-state index is 12.6. The van der Waals surface area contributed by atoms with Crippen molar-refractivity contribution < 1.29 is 14.7 Å². The standard InChI is InChI=1S/C18H24N2O3/c21-17(20-10-4-7-16(20)18(22)23)15-8-11-19(12-9-15)13-14-5-2-1-3-6-14/h1-3,5-6,15-16H,4,7-13H2,(H,22,23). The van der Waals surface area contributed by atoms with Gasteiger partial charge in [-0.25, -0.2) is 4.79 Å². The Bertz CT molecular complexity index is 553. The van der Waals surface area contributed by atoms with Gasteiger partial charge in [-0.2, -0.15) is 0 Å². The Balaban J connectivity index is 1.52. The molecule has 0 spiro atoms. The number of carbonyl (C=O) groups is 2. The molecule has 3 rings (SSSR count). The number of benzene rings is 1. The van der Waals surface area contributed by atoms with E-state index in [0.29, 0.717) is 13.0 Å². The van der Waals surface area contributed by atoms with E-state index in [9.17, 15) is 14.7 Å². The molecule has 5 heteroatoms. The second kappa shape index (κ2) is 7.13. The van der Waals surface area contributed by atoms with Crippen molar-refractivity contribution in [3.8, 4) is 0 Å². The number of rotatable bonds is 4. The lowest BCUT2D eigenvalue weighted by molar-refractivity contribution is -0.150. The highest BCUT2D eigenvalue weighted by Gasteiger charge is 2.37. The zero-order chi connectivity index (χ0) is 16.2. The van der Waals surface area contributed by atoms with Gasteiger partial charge in [0.2, 0.25) is 5.91 Å². The summed E-state index contributed by atoms with van der Waals surface area (Å²) in [4.78, 5) is 27.8. The summed E-state index contributed by atoms with van der Waals surface area (Å²) in [6, 6.07) is 9.75. The summed E-state index contributed by atoms with van der Waals surface area (Å²) in [5.41, 5.74) is 1.29. The van der Waals surface area contributed by atoms with Gasteiger partial charge in [-0.1, -0.05) is 30.3 Å². The van der Waals surface area contributed by atoms with Gasteiger partial charge >= 0.3 is 5.97 Å². The van der Waals surface area contributed by atoms with Crippen molar-refractivity contribution in [2.45, 2.75) is 38.3 Å². The molecule has 23 heavy (non-hydrogen) atoms. The van der Waals surface area contributed by atoms with Crippen LogP contribution in [0.1, 0.15) is 31.2 Å². The van der Waals surface area contributed by atoms with Gasteiger partial charge in [-0.3, -0.25) is 9.69 Å². The van der Waals surface area contributed by atoms with Crippen LogP contribution in [0.4, 0.5) is 0 Å². The number of carboxylic acids is 1. The third kappa shape index (κ3) is 3.72. The second-order valence-electron chi connectivity index (χ2n) is 6.56. The van der Waals surface area contributed by atoms with Crippen LogP contribution in [-0.4, -0.2) is 52.5 Å². The third-order valence-electron chi connectivity index (χ3n) is 5.01. The summed E-state index contributed by atoms with van der Waals surface area (Å²) in [5, 5.41) is 9.23. The zero-order valence-corrected chi connectivity index (χ0v) is 13.4. The quantitative estimate of drug-likeness (QED) is 0.922. The Morgan fingerprint density at radius 1 is 1.04 bits per heavy atom. The minimum atomic E-state index is -0.864. The summed E-state index contributed by atoms with van der Waals surface area (Å²) >= 11 is 0. The minimum Gasteiger partial charge on any atom is -0.480 e. The van der Waals surface area contributed by atoms with Gasteiger partial charge in [0.25, 0.3) is 0 Å². The number of piperidine rings is 1. The monoisotopic (exact) mass is 316 g/mol. The molecule has 0 aromatic heterocycles. The number of hydrogen-bond donors (Lipinski definition) is 1. The number of hydrogen-bond acceptors (Lipinski definition) is 3. The van der Waals surface area contributed by atoms with E-state index in [0.717, 1.165) is 38.9 Å². The van der Waals surface area contributed by atoms with E-state index < -0.39 is 12.0 Å². The van der Waals surface area contributed by atoms with Crippen molar-refractivity contribution in [3.63, 3.8) is 0 Å². The first-order valence-electron chi connectivity index (χ1n) is 8.44. The molecular weight excluding hydrogens is 292 g/mol. The van der Waals surface area contributed by atoms with E-state index >= 15 is 0 Å². The van der Waals surface area contributed by atoms with Crippen LogP contribution in [-0.2, 0) is 16.1 Å². The van der Waals surface area contributed by atoms with Gasteiger partial charge in [0.1, 0.15) is 6.04 Å². The van der Waals surface area contributed by atoms with Crippen LogP contribution in [0.15, 0.2) is 30.3 Å². The summed E-state index contributed by atoms with van der Waals surface area (Å²) in [7, 11) is 0. The first kappa shape index (κ1) is 16.0. The molecule has 1 aromatic carbocycles. The Labute approximate surface area is 136 Å². The molecule has 0 saturated carbocycles. The minimum absolute atomic E-state index is 0.0121. The fraction of sp³-hybridized carbons (Fsp3) is 0.556. The maximum Gasteiger partial charge on any atom is 0.326 e. The largest absolute Gasteiger partial charge is 0.480 e. The van der Waals surface area contributed by atoms with Gasteiger partial charge < -0.3 is 10.0 Å². The van der Waals surface area contributed by atoms with Crippen molar-refractivity contribution in [1.29, 1.82) is 0 Å². The Kier molecular flexibility index (Phi) is 4.96. The molecule has 5 nitrogen and oxygen atoms in total. The highest BCUT2D eigenvalue weighted by molar-refractivity contribution is 5.85. The van der Waals surface area contributed by atoms with Crippen molar-refractivity contribution in [3.05, 3.63) is 35.9 Å². The highest BCUT2D eigenvalue weighted by Crippen LogP contribution is 2.26. The molecule has 124 valence electrons. The lowest BCUT2D eigenvalue weighted by atomic mass is 9.94. The van der Waals surface area contributed by atoms with Crippen LogP contribution in [0.3, 0.4) is 0 Å². The first-order valence-corrected chi connectivity index (χ1v) is 8.44. The average Bonchev–Trinajstić information content (AvgIpc) is 3.06. The van der Waals surface area contributed by atoms with Crippen LogP contribution in [0.25, 0.3) is 0 Å². The van der Waals surface area contributed by atoms with Gasteiger partial charge in [-0.15, -0.1) is 0 Å². The van der Waals surface area contributed by atoms with Crippen LogP contribution < -0.4 is 0 Å². The van der Waals surface area contributed by atoms with E-state index in [1.807, 2.05) is 18.2 Å². The average molecular weight is 316 g/mol. The molecule has 2 aliphatic rings. The van der Waals surface area contributed by atoms with E-state index in [4.69, 9.17) is 0 Å². The van der Waals surface area contributed by atoms with Crippen molar-refractivity contribution >= 4 is 11.9 Å². The molecular formula is C18H24N2O3. The molecule has 1 unspecified atom stereocenters. The zero-order valence-electron chi connectivity index (χ0n) is 13.4. The van der Waals surface area contributed by atoms with E-state index in [-0.39, 0.29) is 11.8 Å². The summed E-state index contributed by atoms with van der Waals surface area (Å²) in [6.07, 6.45) is 3.05. The van der Waals surface area contributed by atoms with Crippen LogP contribution in [0, 0.1) is 5.92 Å². The predicted molar refractivity (Wildman–Crippen MR) is 86.8 cm³/mol. The third-order valence-corrected chi connectivity index (χ3v) is 5.01. The van der Waals surface area contributed by atoms with E-state index in [2.05, 4.69) is 17.0 Å². The fourth-order valence-electron chi connectivity index (χ4n) is 3.70. The number of likely N-dealkylation sites (tertiary alicyclic amines) is 2. The summed E-state index contributed by atoms with van der Waals surface area (Å²) < 4.78 is 0. The Morgan fingerprint density at radius 2 is 1.74 bits per heavy atom. The molecule has 0 radical (unpaired) electrons. The van der Waals surface area contributed by atoms with Crippen molar-refractivity contribution in [2.24, 2.45) is 5.92 Å². The van der Waals surface area contributed by atoms with Crippen molar-refractivity contribution in [1.82, 2.24) is 9.80 Å². The van der Waals surface area contributed by atoms with Gasteiger partial charge in [0.05, 0.1) is 0 Å². The molecule has 1 N–H and O–H groups in total.